The first-order chi connectivity index (χ1) is 7.58. The molecule has 0 N–H and O–H groups in total. The number of Topliss-reactive ketones (excluding diaryl/α,β-unsaturated/α-hetero) is 1. The predicted molar refractivity (Wildman–Crippen MR) is 63.8 cm³/mol. The summed E-state index contributed by atoms with van der Waals surface area (Å²) in [6.07, 6.45) is 0. The Morgan fingerprint density at radius 2 is 2.12 bits per heavy atom. The van der Waals surface area contributed by atoms with E-state index in [2.05, 4.69) is 0 Å². The van der Waals surface area contributed by atoms with E-state index in [0.717, 1.165) is 16.5 Å². The summed E-state index contributed by atoms with van der Waals surface area (Å²) in [6.45, 7) is 2.35. The van der Waals surface area contributed by atoms with Gasteiger partial charge in [-0.25, -0.2) is 0 Å². The number of rotatable bonds is 3. The summed E-state index contributed by atoms with van der Waals surface area (Å²) in [5.74, 6) is 0.457. The zero-order valence-electron chi connectivity index (χ0n) is 9.78. The molecule has 0 saturated carbocycles. The van der Waals surface area contributed by atoms with E-state index in [9.17, 15) is 4.79 Å². The maximum atomic E-state index is 11.8. The topological polar surface area (TPSA) is 33.5 Å². The second-order valence-corrected chi connectivity index (χ2v) is 4.26. The summed E-state index contributed by atoms with van der Waals surface area (Å²) < 4.78 is 5.59. The van der Waals surface area contributed by atoms with Crippen LogP contribution >= 0.6 is 0 Å². The Bertz CT molecular complexity index is 526. The van der Waals surface area contributed by atoms with Crippen molar-refractivity contribution in [3.05, 3.63) is 35.6 Å². The average Bonchev–Trinajstić information content (AvgIpc) is 2.61. The lowest BCUT2D eigenvalue weighted by Crippen LogP contribution is -2.21. The molecule has 2 rings (SSSR count). The normalized spacial score (nSPS) is 11.2. The molecule has 3 heteroatoms. The van der Waals surface area contributed by atoms with Gasteiger partial charge in [0.2, 0.25) is 5.78 Å². The molecule has 1 heterocycles. The molecule has 0 spiro atoms. The predicted octanol–water partition coefficient (Wildman–Crippen LogP) is 2.49. The summed E-state index contributed by atoms with van der Waals surface area (Å²) in [5.41, 5.74) is 1.87. The molecule has 1 aromatic heterocycles. The molecule has 3 nitrogen and oxygen atoms in total. The van der Waals surface area contributed by atoms with Crippen molar-refractivity contribution < 1.29 is 9.21 Å². The van der Waals surface area contributed by atoms with Gasteiger partial charge in [-0.1, -0.05) is 18.2 Å². The molecule has 0 unspecified atom stereocenters. The van der Waals surface area contributed by atoms with Crippen LogP contribution in [0, 0.1) is 6.92 Å². The van der Waals surface area contributed by atoms with E-state index in [1.54, 1.807) is 0 Å². The quantitative estimate of drug-likeness (QED) is 0.740. The SMILES string of the molecule is Cc1cccc2cc(C(=O)CN(C)C)oc12. The summed E-state index contributed by atoms with van der Waals surface area (Å²) in [5, 5.41) is 0.988. The number of carbonyl (C=O) groups excluding carboxylic acids is 1. The number of hydrogen-bond donors (Lipinski definition) is 0. The van der Waals surface area contributed by atoms with Crippen LogP contribution in [0.1, 0.15) is 16.1 Å². The lowest BCUT2D eigenvalue weighted by Gasteiger charge is -2.05. The zero-order valence-corrected chi connectivity index (χ0v) is 9.78. The number of furan rings is 1. The molecule has 1 aromatic carbocycles. The van der Waals surface area contributed by atoms with Crippen molar-refractivity contribution in [1.82, 2.24) is 4.90 Å². The fourth-order valence-corrected chi connectivity index (χ4v) is 1.71. The van der Waals surface area contributed by atoms with E-state index in [0.29, 0.717) is 12.3 Å². The number of benzene rings is 1. The fraction of sp³-hybridized carbons (Fsp3) is 0.308. The molecular formula is C13H15NO2. The van der Waals surface area contributed by atoms with E-state index >= 15 is 0 Å². The van der Waals surface area contributed by atoms with Gasteiger partial charge in [-0.05, 0) is 32.6 Å². The van der Waals surface area contributed by atoms with E-state index in [1.807, 2.05) is 50.2 Å². The lowest BCUT2D eigenvalue weighted by atomic mass is 10.2. The fourth-order valence-electron chi connectivity index (χ4n) is 1.71. The monoisotopic (exact) mass is 217 g/mol. The van der Waals surface area contributed by atoms with Crippen molar-refractivity contribution in [3.63, 3.8) is 0 Å². The average molecular weight is 217 g/mol. The maximum absolute atomic E-state index is 11.8. The van der Waals surface area contributed by atoms with Crippen LogP contribution in [0.25, 0.3) is 11.0 Å². The molecule has 84 valence electrons. The van der Waals surface area contributed by atoms with Crippen LogP contribution < -0.4 is 0 Å². The number of hydrogen-bond acceptors (Lipinski definition) is 3. The molecule has 0 saturated heterocycles. The third-order valence-corrected chi connectivity index (χ3v) is 2.48. The second-order valence-electron chi connectivity index (χ2n) is 4.26. The standard InChI is InChI=1S/C13H15NO2/c1-9-5-4-6-10-7-12(16-13(9)10)11(15)8-14(2)3/h4-7H,8H2,1-3H3. The Kier molecular flexibility index (Phi) is 2.79. The van der Waals surface area contributed by atoms with Gasteiger partial charge >= 0.3 is 0 Å². The number of fused-ring (bicyclic) bond motifs is 1. The highest BCUT2D eigenvalue weighted by Crippen LogP contribution is 2.22. The van der Waals surface area contributed by atoms with Crippen molar-refractivity contribution in [2.75, 3.05) is 20.6 Å². The Hall–Kier alpha value is -1.61. The summed E-state index contributed by atoms with van der Waals surface area (Å²) in [6, 6.07) is 7.71. The third-order valence-electron chi connectivity index (χ3n) is 2.48. The summed E-state index contributed by atoms with van der Waals surface area (Å²) in [7, 11) is 3.73. The zero-order chi connectivity index (χ0) is 11.7. The van der Waals surface area contributed by atoms with Crippen molar-refractivity contribution in [2.45, 2.75) is 6.92 Å². The number of para-hydroxylation sites is 1. The van der Waals surface area contributed by atoms with Gasteiger partial charge < -0.3 is 9.32 Å². The van der Waals surface area contributed by atoms with Crippen LogP contribution in [0.15, 0.2) is 28.7 Å². The number of nitrogens with zero attached hydrogens (tertiary/aromatic N) is 1. The van der Waals surface area contributed by atoms with Crippen molar-refractivity contribution in [1.29, 1.82) is 0 Å². The molecular weight excluding hydrogens is 202 g/mol. The van der Waals surface area contributed by atoms with Gasteiger partial charge in [0.1, 0.15) is 5.58 Å². The van der Waals surface area contributed by atoms with E-state index in [4.69, 9.17) is 4.42 Å². The number of likely N-dealkylation sites (N-methyl/N-ethyl adjacent to an activating group) is 1. The van der Waals surface area contributed by atoms with Crippen LogP contribution in [0.2, 0.25) is 0 Å². The van der Waals surface area contributed by atoms with Crippen molar-refractivity contribution in [3.8, 4) is 0 Å². The first-order valence-corrected chi connectivity index (χ1v) is 5.25. The minimum Gasteiger partial charge on any atom is -0.453 e. The molecule has 0 bridgehead atoms. The highest BCUT2D eigenvalue weighted by molar-refractivity contribution is 5.99. The van der Waals surface area contributed by atoms with Crippen molar-refractivity contribution in [2.24, 2.45) is 0 Å². The smallest absolute Gasteiger partial charge is 0.211 e. The molecule has 0 aliphatic heterocycles. The molecule has 2 aromatic rings. The van der Waals surface area contributed by atoms with E-state index < -0.39 is 0 Å². The van der Waals surface area contributed by atoms with Gasteiger partial charge in [0.15, 0.2) is 5.76 Å². The molecule has 0 amide bonds. The Morgan fingerprint density at radius 3 is 2.75 bits per heavy atom. The van der Waals surface area contributed by atoms with Crippen LogP contribution in [0.4, 0.5) is 0 Å². The van der Waals surface area contributed by atoms with Gasteiger partial charge in [-0.15, -0.1) is 0 Å². The van der Waals surface area contributed by atoms with Crippen LogP contribution in [-0.2, 0) is 0 Å². The molecule has 0 radical (unpaired) electrons. The van der Waals surface area contributed by atoms with Gasteiger partial charge in [0.05, 0.1) is 6.54 Å². The molecule has 0 aliphatic rings. The Balaban J connectivity index is 2.40. The molecule has 0 atom stereocenters. The summed E-state index contributed by atoms with van der Waals surface area (Å²) in [4.78, 5) is 13.6. The first kappa shape index (κ1) is 10.9. The number of aryl methyl sites for hydroxylation is 1. The summed E-state index contributed by atoms with van der Waals surface area (Å²) >= 11 is 0. The largest absolute Gasteiger partial charge is 0.453 e. The van der Waals surface area contributed by atoms with Gasteiger partial charge in [0.25, 0.3) is 0 Å². The lowest BCUT2D eigenvalue weighted by molar-refractivity contribution is 0.0932. The van der Waals surface area contributed by atoms with Crippen LogP contribution in [0.3, 0.4) is 0 Å². The van der Waals surface area contributed by atoms with Crippen molar-refractivity contribution >= 4 is 16.8 Å². The van der Waals surface area contributed by atoms with Crippen LogP contribution in [0.5, 0.6) is 0 Å². The Labute approximate surface area is 94.7 Å². The van der Waals surface area contributed by atoms with Gasteiger partial charge in [0, 0.05) is 5.39 Å². The van der Waals surface area contributed by atoms with Gasteiger partial charge in [-0.2, -0.15) is 0 Å². The first-order valence-electron chi connectivity index (χ1n) is 5.25. The van der Waals surface area contributed by atoms with E-state index in [-0.39, 0.29) is 5.78 Å². The van der Waals surface area contributed by atoms with E-state index in [1.165, 1.54) is 0 Å². The number of carbonyl (C=O) groups is 1. The maximum Gasteiger partial charge on any atom is 0.211 e. The molecule has 16 heavy (non-hydrogen) atoms. The number of ketones is 1. The third kappa shape index (κ3) is 1.99. The second kappa shape index (κ2) is 4.10. The Morgan fingerprint density at radius 1 is 1.38 bits per heavy atom. The van der Waals surface area contributed by atoms with Gasteiger partial charge in [-0.3, -0.25) is 4.79 Å². The highest BCUT2D eigenvalue weighted by Gasteiger charge is 2.13. The molecule has 0 fully saturated rings. The molecule has 0 aliphatic carbocycles. The minimum atomic E-state index is 0.0144. The minimum absolute atomic E-state index is 0.0144. The highest BCUT2D eigenvalue weighted by atomic mass is 16.3. The van der Waals surface area contributed by atoms with Crippen LogP contribution in [-0.4, -0.2) is 31.3 Å².